The van der Waals surface area contributed by atoms with E-state index in [4.69, 9.17) is 10.5 Å². The Morgan fingerprint density at radius 3 is 2.71 bits per heavy atom. The predicted molar refractivity (Wildman–Crippen MR) is 78.2 cm³/mol. The van der Waals surface area contributed by atoms with Gasteiger partial charge in [0.25, 0.3) is 5.91 Å². The third-order valence-electron chi connectivity index (χ3n) is 3.24. The topological polar surface area (TPSA) is 55.6 Å². The van der Waals surface area contributed by atoms with Crippen LogP contribution < -0.4 is 5.73 Å². The van der Waals surface area contributed by atoms with E-state index >= 15 is 0 Å². The molecule has 0 aliphatic carbocycles. The van der Waals surface area contributed by atoms with Gasteiger partial charge in [0.15, 0.2) is 0 Å². The number of amides is 1. The molecule has 4 nitrogen and oxygen atoms in total. The molecule has 1 saturated heterocycles. The Bertz CT molecular complexity index is 582. The number of carbonyl (C=O) groups excluding carboxylic acids is 1. The Hall–Kier alpha value is -1.90. The summed E-state index contributed by atoms with van der Waals surface area (Å²) in [6.07, 6.45) is -0.0744. The largest absolute Gasteiger partial charge is 0.372 e. The fourth-order valence-electron chi connectivity index (χ4n) is 2.46. The van der Waals surface area contributed by atoms with Crippen molar-refractivity contribution in [2.24, 2.45) is 5.73 Å². The minimum Gasteiger partial charge on any atom is -0.372 e. The summed E-state index contributed by atoms with van der Waals surface area (Å²) in [7, 11) is 0. The number of hydrogen-bond acceptors (Lipinski definition) is 3. The zero-order chi connectivity index (χ0) is 15.4. The molecule has 2 N–H and O–H groups in total. The van der Waals surface area contributed by atoms with E-state index in [1.54, 1.807) is 4.90 Å². The highest BCUT2D eigenvalue weighted by Gasteiger charge is 2.27. The van der Waals surface area contributed by atoms with Gasteiger partial charge in [0.05, 0.1) is 24.3 Å². The highest BCUT2D eigenvalue weighted by atomic mass is 19.1. The zero-order valence-electron chi connectivity index (χ0n) is 12.2. The van der Waals surface area contributed by atoms with E-state index in [2.05, 4.69) is 11.8 Å². The van der Waals surface area contributed by atoms with Crippen LogP contribution in [0.25, 0.3) is 0 Å². The fraction of sp³-hybridized carbons (Fsp3) is 0.438. The van der Waals surface area contributed by atoms with Crippen LogP contribution in [0.5, 0.6) is 0 Å². The van der Waals surface area contributed by atoms with Gasteiger partial charge >= 0.3 is 0 Å². The van der Waals surface area contributed by atoms with Crippen LogP contribution in [0.15, 0.2) is 18.2 Å². The average Bonchev–Trinajstić information content (AvgIpc) is 2.44. The van der Waals surface area contributed by atoms with E-state index in [1.807, 2.05) is 13.8 Å². The van der Waals surface area contributed by atoms with Gasteiger partial charge in [-0.2, -0.15) is 0 Å². The first-order valence-corrected chi connectivity index (χ1v) is 6.94. The summed E-state index contributed by atoms with van der Waals surface area (Å²) in [5, 5.41) is 0. The number of nitrogens with two attached hydrogens (primary N) is 1. The third kappa shape index (κ3) is 3.81. The smallest absolute Gasteiger partial charge is 0.255 e. The van der Waals surface area contributed by atoms with Gasteiger partial charge in [-0.15, -0.1) is 0 Å². The number of benzene rings is 1. The minimum absolute atomic E-state index is 0.0372. The summed E-state index contributed by atoms with van der Waals surface area (Å²) in [5.74, 6) is 4.84. The molecular weight excluding hydrogens is 271 g/mol. The summed E-state index contributed by atoms with van der Waals surface area (Å²) in [5.41, 5.74) is 6.13. The molecule has 0 spiro atoms. The second kappa shape index (κ2) is 6.70. The maximum atomic E-state index is 13.5. The third-order valence-corrected chi connectivity index (χ3v) is 3.24. The summed E-state index contributed by atoms with van der Waals surface area (Å²) >= 11 is 0. The van der Waals surface area contributed by atoms with Crippen molar-refractivity contribution in [1.82, 2.24) is 4.90 Å². The molecule has 112 valence electrons. The highest BCUT2D eigenvalue weighted by Crippen LogP contribution is 2.17. The van der Waals surface area contributed by atoms with Crippen LogP contribution in [0.3, 0.4) is 0 Å². The number of carbonyl (C=O) groups is 1. The van der Waals surface area contributed by atoms with Gasteiger partial charge in [-0.3, -0.25) is 4.79 Å². The van der Waals surface area contributed by atoms with E-state index < -0.39 is 5.82 Å². The average molecular weight is 290 g/mol. The molecule has 1 aromatic carbocycles. The molecule has 0 radical (unpaired) electrons. The highest BCUT2D eigenvalue weighted by molar-refractivity contribution is 5.96. The number of morpholine rings is 1. The molecule has 1 amide bonds. The molecule has 0 aromatic heterocycles. The zero-order valence-corrected chi connectivity index (χ0v) is 12.2. The lowest BCUT2D eigenvalue weighted by molar-refractivity contribution is -0.0586. The van der Waals surface area contributed by atoms with E-state index in [1.165, 1.54) is 18.2 Å². The molecule has 0 bridgehead atoms. The summed E-state index contributed by atoms with van der Waals surface area (Å²) < 4.78 is 19.1. The molecule has 21 heavy (non-hydrogen) atoms. The predicted octanol–water partition coefficient (Wildman–Crippen LogP) is 1.39. The van der Waals surface area contributed by atoms with Crippen molar-refractivity contribution >= 4 is 5.91 Å². The van der Waals surface area contributed by atoms with Gasteiger partial charge in [0.1, 0.15) is 5.82 Å². The van der Waals surface area contributed by atoms with Gasteiger partial charge < -0.3 is 15.4 Å². The first-order chi connectivity index (χ1) is 10.0. The van der Waals surface area contributed by atoms with Gasteiger partial charge in [-0.05, 0) is 32.0 Å². The number of halogens is 1. The van der Waals surface area contributed by atoms with Gasteiger partial charge in [0.2, 0.25) is 0 Å². The lowest BCUT2D eigenvalue weighted by Gasteiger charge is -2.35. The molecule has 1 heterocycles. The van der Waals surface area contributed by atoms with Crippen molar-refractivity contribution < 1.29 is 13.9 Å². The van der Waals surface area contributed by atoms with Crippen LogP contribution in [0.1, 0.15) is 29.8 Å². The fourth-order valence-corrected chi connectivity index (χ4v) is 2.46. The Labute approximate surface area is 124 Å². The Balaban J connectivity index is 2.31. The first kappa shape index (κ1) is 15.5. The molecule has 1 fully saturated rings. The molecule has 1 aromatic rings. The lowest BCUT2D eigenvalue weighted by atomic mass is 10.1. The number of hydrogen-bond donors (Lipinski definition) is 1. The Morgan fingerprint density at radius 2 is 2.10 bits per heavy atom. The second-order valence-corrected chi connectivity index (χ2v) is 5.16. The molecule has 1 aliphatic heterocycles. The van der Waals surface area contributed by atoms with E-state index in [0.717, 1.165) is 0 Å². The minimum atomic E-state index is -0.453. The van der Waals surface area contributed by atoms with Crippen LogP contribution in [-0.2, 0) is 4.74 Å². The van der Waals surface area contributed by atoms with Crippen LogP contribution in [-0.4, -0.2) is 42.6 Å². The van der Waals surface area contributed by atoms with Crippen molar-refractivity contribution in [2.75, 3.05) is 19.6 Å². The first-order valence-electron chi connectivity index (χ1n) is 6.94. The van der Waals surface area contributed by atoms with Crippen molar-refractivity contribution in [3.8, 4) is 11.8 Å². The van der Waals surface area contributed by atoms with Crippen molar-refractivity contribution in [2.45, 2.75) is 26.1 Å². The van der Waals surface area contributed by atoms with Crippen LogP contribution in [0.2, 0.25) is 0 Å². The molecule has 2 unspecified atom stereocenters. The molecule has 1 aliphatic rings. The maximum Gasteiger partial charge on any atom is 0.255 e. The monoisotopic (exact) mass is 290 g/mol. The number of nitrogens with zero attached hydrogens (tertiary/aromatic N) is 1. The van der Waals surface area contributed by atoms with Crippen molar-refractivity contribution in [1.29, 1.82) is 0 Å². The SMILES string of the molecule is CC1CN(C(=O)c2cc(F)ccc2C#CCN)CC(C)O1. The molecule has 2 atom stereocenters. The van der Waals surface area contributed by atoms with E-state index in [9.17, 15) is 9.18 Å². The summed E-state index contributed by atoms with van der Waals surface area (Å²) in [6, 6.07) is 4.04. The standard InChI is InChI=1S/C16H19FN2O2/c1-11-9-19(10-12(2)21-11)16(20)15-8-14(17)6-5-13(15)4-3-7-18/h5-6,8,11-12H,7,9-10,18H2,1-2H3. The summed E-state index contributed by atoms with van der Waals surface area (Å²) in [4.78, 5) is 14.3. The molecular formula is C16H19FN2O2. The van der Waals surface area contributed by atoms with Gasteiger partial charge in [-0.25, -0.2) is 4.39 Å². The van der Waals surface area contributed by atoms with Crippen LogP contribution in [0, 0.1) is 17.7 Å². The summed E-state index contributed by atoms with van der Waals surface area (Å²) in [6.45, 7) is 5.00. The number of ether oxygens (including phenoxy) is 1. The van der Waals surface area contributed by atoms with Crippen LogP contribution >= 0.6 is 0 Å². The molecule has 5 heteroatoms. The Morgan fingerprint density at radius 1 is 1.43 bits per heavy atom. The van der Waals surface area contributed by atoms with Crippen molar-refractivity contribution in [3.63, 3.8) is 0 Å². The maximum absolute atomic E-state index is 13.5. The van der Waals surface area contributed by atoms with Gasteiger partial charge in [0, 0.05) is 18.7 Å². The van der Waals surface area contributed by atoms with Gasteiger partial charge in [-0.1, -0.05) is 11.8 Å². The second-order valence-electron chi connectivity index (χ2n) is 5.16. The molecule has 0 saturated carbocycles. The normalized spacial score (nSPS) is 21.6. The quantitative estimate of drug-likeness (QED) is 0.795. The van der Waals surface area contributed by atoms with E-state index in [0.29, 0.717) is 18.7 Å². The van der Waals surface area contributed by atoms with E-state index in [-0.39, 0.29) is 30.2 Å². The Kier molecular flexibility index (Phi) is 4.94. The van der Waals surface area contributed by atoms with Crippen molar-refractivity contribution in [3.05, 3.63) is 35.1 Å². The molecule has 2 rings (SSSR count). The van der Waals surface area contributed by atoms with Crippen LogP contribution in [0.4, 0.5) is 4.39 Å². The number of rotatable bonds is 1. The lowest BCUT2D eigenvalue weighted by Crippen LogP contribution is -2.48.